The molecule has 2 fully saturated rings. The number of aromatic nitrogens is 1. The number of anilines is 2. The molecule has 2 aliphatic rings. The summed E-state index contributed by atoms with van der Waals surface area (Å²) >= 11 is 0. The molecule has 2 aromatic rings. The van der Waals surface area contributed by atoms with E-state index in [1.807, 2.05) is 24.3 Å². The lowest BCUT2D eigenvalue weighted by Crippen LogP contribution is -2.63. The van der Waals surface area contributed by atoms with Crippen molar-refractivity contribution in [3.63, 3.8) is 0 Å². The maximum atomic E-state index is 13.8. The Morgan fingerprint density at radius 3 is 2.54 bits per heavy atom. The van der Waals surface area contributed by atoms with Gasteiger partial charge in [-0.15, -0.1) is 0 Å². The number of para-hydroxylation sites is 1. The minimum Gasteiger partial charge on any atom is -0.432 e. The Bertz CT molecular complexity index is 1040. The van der Waals surface area contributed by atoms with Crippen LogP contribution >= 0.6 is 0 Å². The maximum Gasteiger partial charge on any atom is 0.387 e. The van der Waals surface area contributed by atoms with Crippen LogP contribution in [0.4, 0.5) is 25.0 Å². The summed E-state index contributed by atoms with van der Waals surface area (Å²) in [7, 11) is 0. The summed E-state index contributed by atoms with van der Waals surface area (Å²) in [4.78, 5) is 22.2. The number of hydrogen-bond donors (Lipinski definition) is 1. The topological polar surface area (TPSA) is 66.9 Å². The third-order valence-electron chi connectivity index (χ3n) is 6.92. The van der Waals surface area contributed by atoms with Crippen molar-refractivity contribution in [2.45, 2.75) is 64.6 Å². The lowest BCUT2D eigenvalue weighted by atomic mass is 9.92. The number of alkyl halides is 2. The van der Waals surface area contributed by atoms with Gasteiger partial charge in [0.15, 0.2) is 5.75 Å². The SMILES string of the molecule is Cc1cc(OC(F)F)c(NC(=O)N(c2ccccc2C(C)C)C2CCN(C3(C)COC3)CC2)cn1. The van der Waals surface area contributed by atoms with Gasteiger partial charge in [-0.25, -0.2) is 4.79 Å². The van der Waals surface area contributed by atoms with Crippen molar-refractivity contribution >= 4 is 17.4 Å². The third-order valence-corrected chi connectivity index (χ3v) is 6.92. The van der Waals surface area contributed by atoms with Gasteiger partial charge in [-0.2, -0.15) is 8.78 Å². The van der Waals surface area contributed by atoms with E-state index in [0.717, 1.165) is 50.4 Å². The lowest BCUT2D eigenvalue weighted by Gasteiger charge is -2.50. The molecule has 4 rings (SSSR count). The van der Waals surface area contributed by atoms with E-state index in [2.05, 4.69) is 40.7 Å². The molecule has 1 aromatic carbocycles. The van der Waals surface area contributed by atoms with Crippen LogP contribution in [0.5, 0.6) is 5.75 Å². The molecule has 0 aliphatic carbocycles. The van der Waals surface area contributed by atoms with E-state index in [-0.39, 0.29) is 35.0 Å². The van der Waals surface area contributed by atoms with E-state index in [1.165, 1.54) is 12.3 Å². The number of pyridine rings is 1. The van der Waals surface area contributed by atoms with Gasteiger partial charge in [-0.3, -0.25) is 14.8 Å². The average molecular weight is 489 g/mol. The fourth-order valence-corrected chi connectivity index (χ4v) is 4.91. The number of amides is 2. The smallest absolute Gasteiger partial charge is 0.387 e. The highest BCUT2D eigenvalue weighted by atomic mass is 19.3. The molecular formula is C26H34F2N4O3. The van der Waals surface area contributed by atoms with Crippen molar-refractivity contribution in [3.8, 4) is 5.75 Å². The Morgan fingerprint density at radius 1 is 1.26 bits per heavy atom. The van der Waals surface area contributed by atoms with E-state index < -0.39 is 6.61 Å². The Hall–Kier alpha value is -2.78. The molecule has 2 amide bonds. The molecule has 2 aliphatic heterocycles. The molecule has 0 saturated carbocycles. The summed E-state index contributed by atoms with van der Waals surface area (Å²) in [5.41, 5.74) is 2.57. The van der Waals surface area contributed by atoms with E-state index in [4.69, 9.17) is 4.74 Å². The molecule has 2 saturated heterocycles. The fraction of sp³-hybridized carbons (Fsp3) is 0.538. The third kappa shape index (κ3) is 5.56. The Morgan fingerprint density at radius 2 is 1.94 bits per heavy atom. The van der Waals surface area contributed by atoms with Gasteiger partial charge in [0.2, 0.25) is 0 Å². The van der Waals surface area contributed by atoms with Crippen LogP contribution in [0.3, 0.4) is 0 Å². The van der Waals surface area contributed by atoms with Crippen molar-refractivity contribution in [2.75, 3.05) is 36.5 Å². The number of benzene rings is 1. The van der Waals surface area contributed by atoms with E-state index >= 15 is 0 Å². The van der Waals surface area contributed by atoms with Crippen LogP contribution in [-0.4, -0.2) is 60.4 Å². The molecule has 3 heterocycles. The van der Waals surface area contributed by atoms with Crippen LogP contribution in [-0.2, 0) is 4.74 Å². The zero-order valence-corrected chi connectivity index (χ0v) is 20.8. The zero-order valence-electron chi connectivity index (χ0n) is 20.8. The van der Waals surface area contributed by atoms with Gasteiger partial charge >= 0.3 is 12.6 Å². The molecule has 0 unspecified atom stereocenters. The summed E-state index contributed by atoms with van der Waals surface area (Å²) in [5, 5.41) is 2.80. The molecule has 0 spiro atoms. The van der Waals surface area contributed by atoms with Crippen LogP contribution in [0.1, 0.15) is 50.8 Å². The first-order valence-corrected chi connectivity index (χ1v) is 12.1. The Kier molecular flexibility index (Phi) is 7.56. The van der Waals surface area contributed by atoms with Crippen LogP contribution in [0.15, 0.2) is 36.5 Å². The van der Waals surface area contributed by atoms with Gasteiger partial charge in [0, 0.05) is 36.6 Å². The number of nitrogens with one attached hydrogen (secondary N) is 1. The second-order valence-electron chi connectivity index (χ2n) is 9.92. The van der Waals surface area contributed by atoms with Crippen LogP contribution in [0.25, 0.3) is 0 Å². The highest BCUT2D eigenvalue weighted by Crippen LogP contribution is 2.35. The normalized spacial score (nSPS) is 18.4. The average Bonchev–Trinajstić information content (AvgIpc) is 2.80. The highest BCUT2D eigenvalue weighted by molar-refractivity contribution is 6.03. The number of carbonyl (C=O) groups is 1. The van der Waals surface area contributed by atoms with Gasteiger partial charge in [0.05, 0.1) is 24.9 Å². The molecule has 7 nitrogen and oxygen atoms in total. The molecule has 1 aromatic heterocycles. The number of ether oxygens (including phenoxy) is 2. The summed E-state index contributed by atoms with van der Waals surface area (Å²) < 4.78 is 36.1. The number of urea groups is 1. The molecule has 0 bridgehead atoms. The van der Waals surface area contributed by atoms with Crippen molar-refractivity contribution < 1.29 is 23.0 Å². The molecule has 0 radical (unpaired) electrons. The molecule has 9 heteroatoms. The number of aryl methyl sites for hydroxylation is 1. The Labute approximate surface area is 205 Å². The van der Waals surface area contributed by atoms with Crippen LogP contribution in [0.2, 0.25) is 0 Å². The maximum absolute atomic E-state index is 13.8. The predicted molar refractivity (Wildman–Crippen MR) is 131 cm³/mol. The van der Waals surface area contributed by atoms with Crippen molar-refractivity contribution in [1.29, 1.82) is 0 Å². The van der Waals surface area contributed by atoms with Gasteiger partial charge in [-0.05, 0) is 44.2 Å². The minimum atomic E-state index is -3.01. The van der Waals surface area contributed by atoms with E-state index in [0.29, 0.717) is 5.69 Å². The zero-order chi connectivity index (χ0) is 25.2. The van der Waals surface area contributed by atoms with Crippen molar-refractivity contribution in [3.05, 3.63) is 47.8 Å². The van der Waals surface area contributed by atoms with Crippen molar-refractivity contribution in [1.82, 2.24) is 9.88 Å². The Balaban J connectivity index is 1.62. The fourth-order valence-electron chi connectivity index (χ4n) is 4.91. The number of piperidine rings is 1. The molecule has 0 atom stereocenters. The standard InChI is InChI=1S/C26H34F2N4O3/c1-17(2)20-7-5-6-8-22(20)32(19-9-11-31(12-10-19)26(4)15-34-16-26)25(33)30-21-14-29-18(3)13-23(21)35-24(27)28/h5-8,13-14,17,19,24H,9-12,15-16H2,1-4H3,(H,30,33). The molecule has 35 heavy (non-hydrogen) atoms. The number of rotatable bonds is 7. The predicted octanol–water partition coefficient (Wildman–Crippen LogP) is 5.41. The molecular weight excluding hydrogens is 454 g/mol. The second-order valence-corrected chi connectivity index (χ2v) is 9.92. The van der Waals surface area contributed by atoms with Crippen LogP contribution < -0.4 is 15.0 Å². The largest absolute Gasteiger partial charge is 0.432 e. The van der Waals surface area contributed by atoms with Crippen molar-refractivity contribution in [2.24, 2.45) is 0 Å². The summed E-state index contributed by atoms with van der Waals surface area (Å²) in [6.07, 6.45) is 2.95. The highest BCUT2D eigenvalue weighted by Gasteiger charge is 2.42. The number of likely N-dealkylation sites (tertiary alicyclic amines) is 1. The first-order chi connectivity index (χ1) is 16.7. The monoisotopic (exact) mass is 488 g/mol. The summed E-state index contributed by atoms with van der Waals surface area (Å²) in [5.74, 6) is 0.0945. The molecule has 190 valence electrons. The lowest BCUT2D eigenvalue weighted by molar-refractivity contribution is -0.135. The number of halogens is 2. The van der Waals surface area contributed by atoms with Gasteiger partial charge in [-0.1, -0.05) is 32.0 Å². The summed E-state index contributed by atoms with van der Waals surface area (Å²) in [6, 6.07) is 8.82. The summed E-state index contributed by atoms with van der Waals surface area (Å²) in [6.45, 7) is 8.22. The first-order valence-electron chi connectivity index (χ1n) is 12.1. The van der Waals surface area contributed by atoms with Crippen LogP contribution in [0, 0.1) is 6.92 Å². The number of hydrogen-bond acceptors (Lipinski definition) is 5. The minimum absolute atomic E-state index is 0.0476. The van der Waals surface area contributed by atoms with Gasteiger partial charge in [0.1, 0.15) is 5.69 Å². The number of nitrogens with zero attached hydrogens (tertiary/aromatic N) is 3. The van der Waals surface area contributed by atoms with Gasteiger partial charge < -0.3 is 14.8 Å². The first kappa shape index (κ1) is 25.3. The van der Waals surface area contributed by atoms with Gasteiger partial charge in [0.25, 0.3) is 0 Å². The second kappa shape index (κ2) is 10.5. The van der Waals surface area contributed by atoms with E-state index in [1.54, 1.807) is 11.8 Å². The number of carbonyl (C=O) groups excluding carboxylic acids is 1. The molecule has 1 N–H and O–H groups in total. The quantitative estimate of drug-likeness (QED) is 0.565. The van der Waals surface area contributed by atoms with E-state index in [9.17, 15) is 13.6 Å².